The summed E-state index contributed by atoms with van der Waals surface area (Å²) in [5.74, 6) is 0.786. The maximum absolute atomic E-state index is 12.9. The van der Waals surface area contributed by atoms with Crippen LogP contribution in [0.3, 0.4) is 0 Å². The van der Waals surface area contributed by atoms with Gasteiger partial charge in [0.1, 0.15) is 17.7 Å². The smallest absolute Gasteiger partial charge is 0.240 e. The van der Waals surface area contributed by atoms with Crippen molar-refractivity contribution in [1.29, 1.82) is 0 Å². The normalized spacial score (nSPS) is 13.0. The topological polar surface area (TPSA) is 91.8 Å². The average Bonchev–Trinajstić information content (AvgIpc) is 2.69. The van der Waals surface area contributed by atoms with E-state index >= 15 is 0 Å². The molecule has 2 aromatic rings. The summed E-state index contributed by atoms with van der Waals surface area (Å²) >= 11 is 0. The van der Waals surface area contributed by atoms with Gasteiger partial charge in [-0.2, -0.15) is 0 Å². The first-order valence-corrected chi connectivity index (χ1v) is 10.7. The predicted molar refractivity (Wildman–Crippen MR) is 112 cm³/mol. The van der Waals surface area contributed by atoms with Gasteiger partial charge in [0.05, 0.1) is 11.4 Å². The predicted octanol–water partition coefficient (Wildman–Crippen LogP) is 2.04. The average molecular weight is 423 g/mol. The van der Waals surface area contributed by atoms with Gasteiger partial charge in [0, 0.05) is 20.1 Å². The van der Waals surface area contributed by atoms with Gasteiger partial charge in [0.2, 0.25) is 10.0 Å². The lowest BCUT2D eigenvalue weighted by Crippen LogP contribution is -2.44. The fourth-order valence-corrected chi connectivity index (χ4v) is 3.45. The van der Waals surface area contributed by atoms with Gasteiger partial charge in [0.15, 0.2) is 5.96 Å². The maximum Gasteiger partial charge on any atom is 0.240 e. The molecule has 2 rings (SSSR count). The van der Waals surface area contributed by atoms with Crippen molar-refractivity contribution < 1.29 is 17.5 Å². The van der Waals surface area contributed by atoms with E-state index in [9.17, 15) is 12.8 Å². The number of guanidine groups is 1. The Morgan fingerprint density at radius 3 is 2.34 bits per heavy atom. The number of sulfonamides is 1. The molecule has 9 heteroatoms. The SMILES string of the molecule is CN=C(NCCNS(=O)(=O)c1ccc(C)cc1)NCC(C)Oc1ccc(F)cc1. The zero-order valence-electron chi connectivity index (χ0n) is 16.8. The molecule has 0 fully saturated rings. The molecule has 0 aliphatic carbocycles. The zero-order valence-corrected chi connectivity index (χ0v) is 17.6. The van der Waals surface area contributed by atoms with Crippen LogP contribution in [0, 0.1) is 12.7 Å². The molecule has 0 saturated heterocycles. The maximum atomic E-state index is 12.9. The minimum atomic E-state index is -3.54. The number of nitrogens with one attached hydrogen (secondary N) is 3. The monoisotopic (exact) mass is 422 g/mol. The number of hydrogen-bond donors (Lipinski definition) is 3. The molecule has 0 heterocycles. The van der Waals surface area contributed by atoms with Gasteiger partial charge in [-0.25, -0.2) is 17.5 Å². The van der Waals surface area contributed by atoms with Crippen LogP contribution in [0.15, 0.2) is 58.4 Å². The summed E-state index contributed by atoms with van der Waals surface area (Å²) in [6.45, 7) is 4.81. The first kappa shape index (κ1) is 22.6. The van der Waals surface area contributed by atoms with Crippen molar-refractivity contribution in [1.82, 2.24) is 15.4 Å². The molecule has 0 saturated carbocycles. The first-order chi connectivity index (χ1) is 13.8. The number of aliphatic imine (C=N–C) groups is 1. The van der Waals surface area contributed by atoms with Crippen LogP contribution in [0.5, 0.6) is 5.75 Å². The summed E-state index contributed by atoms with van der Waals surface area (Å²) in [7, 11) is -1.92. The van der Waals surface area contributed by atoms with E-state index in [-0.39, 0.29) is 23.4 Å². The van der Waals surface area contributed by atoms with E-state index in [1.165, 1.54) is 12.1 Å². The Labute approximate surface area is 171 Å². The second kappa shape index (κ2) is 10.8. The standard InChI is InChI=1S/C20H27FN4O3S/c1-15-4-10-19(11-5-15)29(26,27)25-13-12-23-20(22-3)24-14-16(2)28-18-8-6-17(21)7-9-18/h4-11,16,25H,12-14H2,1-3H3,(H2,22,23,24). The molecule has 7 nitrogen and oxygen atoms in total. The fraction of sp³-hybridized carbons (Fsp3) is 0.350. The second-order valence-corrected chi connectivity index (χ2v) is 8.24. The van der Waals surface area contributed by atoms with Crippen LogP contribution < -0.4 is 20.1 Å². The molecule has 29 heavy (non-hydrogen) atoms. The molecule has 1 atom stereocenters. The fourth-order valence-electron chi connectivity index (χ4n) is 2.42. The summed E-state index contributed by atoms with van der Waals surface area (Å²) in [4.78, 5) is 4.33. The lowest BCUT2D eigenvalue weighted by molar-refractivity contribution is 0.223. The quantitative estimate of drug-likeness (QED) is 0.327. The summed E-state index contributed by atoms with van der Waals surface area (Å²) in [5, 5.41) is 6.14. The minimum absolute atomic E-state index is 0.181. The van der Waals surface area contributed by atoms with E-state index in [2.05, 4.69) is 20.3 Å². The Morgan fingerprint density at radius 1 is 1.07 bits per heavy atom. The highest BCUT2D eigenvalue weighted by molar-refractivity contribution is 7.89. The largest absolute Gasteiger partial charge is 0.489 e. The van der Waals surface area contributed by atoms with Crippen LogP contribution in [0.2, 0.25) is 0 Å². The van der Waals surface area contributed by atoms with Crippen molar-refractivity contribution in [3.05, 3.63) is 59.9 Å². The molecule has 0 spiro atoms. The lowest BCUT2D eigenvalue weighted by atomic mass is 10.2. The Balaban J connectivity index is 1.71. The molecule has 0 amide bonds. The highest BCUT2D eigenvalue weighted by atomic mass is 32.2. The number of rotatable bonds is 9. The van der Waals surface area contributed by atoms with Gasteiger partial charge in [-0.3, -0.25) is 4.99 Å². The van der Waals surface area contributed by atoms with Crippen molar-refractivity contribution in [2.24, 2.45) is 4.99 Å². The highest BCUT2D eigenvalue weighted by Gasteiger charge is 2.12. The van der Waals surface area contributed by atoms with Crippen LogP contribution in [0.25, 0.3) is 0 Å². The van der Waals surface area contributed by atoms with Gasteiger partial charge >= 0.3 is 0 Å². The van der Waals surface area contributed by atoms with E-state index in [0.29, 0.717) is 24.8 Å². The molecule has 0 radical (unpaired) electrons. The minimum Gasteiger partial charge on any atom is -0.489 e. The third-order valence-electron chi connectivity index (χ3n) is 3.97. The lowest BCUT2D eigenvalue weighted by Gasteiger charge is -2.18. The van der Waals surface area contributed by atoms with Gasteiger partial charge in [-0.1, -0.05) is 17.7 Å². The third-order valence-corrected chi connectivity index (χ3v) is 5.45. The molecule has 1 unspecified atom stereocenters. The van der Waals surface area contributed by atoms with Crippen LogP contribution in [0.1, 0.15) is 12.5 Å². The van der Waals surface area contributed by atoms with Crippen molar-refractivity contribution in [3.8, 4) is 5.75 Å². The summed E-state index contributed by atoms with van der Waals surface area (Å²) in [6.07, 6.45) is -0.181. The molecule has 0 bridgehead atoms. The molecule has 0 aliphatic heterocycles. The van der Waals surface area contributed by atoms with E-state index in [0.717, 1.165) is 5.56 Å². The molecule has 0 aliphatic rings. The number of ether oxygens (including phenoxy) is 1. The zero-order chi connectivity index (χ0) is 21.3. The first-order valence-electron chi connectivity index (χ1n) is 9.23. The highest BCUT2D eigenvalue weighted by Crippen LogP contribution is 2.12. The van der Waals surface area contributed by atoms with Gasteiger partial charge in [-0.15, -0.1) is 0 Å². The van der Waals surface area contributed by atoms with Gasteiger partial charge < -0.3 is 15.4 Å². The molecular formula is C20H27FN4O3S. The number of halogens is 1. The summed E-state index contributed by atoms with van der Waals surface area (Å²) < 4.78 is 45.6. The summed E-state index contributed by atoms with van der Waals surface area (Å²) in [5.41, 5.74) is 0.998. The van der Waals surface area contributed by atoms with Crippen molar-refractivity contribution in [2.45, 2.75) is 24.8 Å². The van der Waals surface area contributed by atoms with Crippen LogP contribution in [-0.2, 0) is 10.0 Å². The Morgan fingerprint density at radius 2 is 1.72 bits per heavy atom. The number of nitrogens with zero attached hydrogens (tertiary/aromatic N) is 1. The van der Waals surface area contributed by atoms with Gasteiger partial charge in [0.25, 0.3) is 0 Å². The van der Waals surface area contributed by atoms with Crippen molar-refractivity contribution in [2.75, 3.05) is 26.7 Å². The molecule has 2 aromatic carbocycles. The molecule has 0 aromatic heterocycles. The molecule has 158 valence electrons. The van der Waals surface area contributed by atoms with Crippen molar-refractivity contribution >= 4 is 16.0 Å². The Hall–Kier alpha value is -2.65. The third kappa shape index (κ3) is 7.71. The van der Waals surface area contributed by atoms with E-state index in [1.54, 1.807) is 43.4 Å². The van der Waals surface area contributed by atoms with Crippen LogP contribution >= 0.6 is 0 Å². The van der Waals surface area contributed by atoms with E-state index < -0.39 is 10.0 Å². The Bertz CT molecular complexity index is 900. The molecular weight excluding hydrogens is 395 g/mol. The van der Waals surface area contributed by atoms with E-state index in [1.807, 2.05) is 13.8 Å². The summed E-state index contributed by atoms with van der Waals surface area (Å²) in [6, 6.07) is 12.5. The van der Waals surface area contributed by atoms with Crippen LogP contribution in [0.4, 0.5) is 4.39 Å². The number of aryl methyl sites for hydroxylation is 1. The van der Waals surface area contributed by atoms with Crippen LogP contribution in [-0.4, -0.2) is 47.2 Å². The van der Waals surface area contributed by atoms with Crippen molar-refractivity contribution in [3.63, 3.8) is 0 Å². The van der Waals surface area contributed by atoms with E-state index in [4.69, 9.17) is 4.74 Å². The Kier molecular flexibility index (Phi) is 8.41. The van der Waals surface area contributed by atoms with Gasteiger partial charge in [-0.05, 0) is 50.2 Å². The second-order valence-electron chi connectivity index (χ2n) is 6.47. The number of hydrogen-bond acceptors (Lipinski definition) is 4. The molecule has 3 N–H and O–H groups in total. The number of benzene rings is 2.